The van der Waals surface area contributed by atoms with Crippen LogP contribution >= 0.6 is 11.8 Å². The highest BCUT2D eigenvalue weighted by Crippen LogP contribution is 2.19. The Morgan fingerprint density at radius 1 is 1.07 bits per heavy atom. The molecule has 7 nitrogen and oxygen atoms in total. The van der Waals surface area contributed by atoms with E-state index in [1.165, 1.54) is 30.7 Å². The fourth-order valence-corrected chi connectivity index (χ4v) is 3.42. The number of hydrogen-bond donors (Lipinski definition) is 1. The monoisotopic (exact) mass is 409 g/mol. The van der Waals surface area contributed by atoms with Crippen molar-refractivity contribution in [2.75, 3.05) is 11.1 Å². The predicted octanol–water partition coefficient (Wildman–Crippen LogP) is 3.94. The maximum Gasteiger partial charge on any atom is 0.234 e. The van der Waals surface area contributed by atoms with E-state index in [4.69, 9.17) is 0 Å². The van der Waals surface area contributed by atoms with Gasteiger partial charge in [-0.05, 0) is 72.2 Å². The summed E-state index contributed by atoms with van der Waals surface area (Å²) in [5.41, 5.74) is 3.39. The number of amides is 1. The summed E-state index contributed by atoms with van der Waals surface area (Å²) in [7, 11) is 0. The number of rotatable bonds is 9. The molecule has 0 saturated carbocycles. The molecular formula is C21H23N5O2S. The van der Waals surface area contributed by atoms with Crippen molar-refractivity contribution in [1.82, 2.24) is 20.2 Å². The molecule has 1 amide bonds. The second-order valence-electron chi connectivity index (χ2n) is 6.61. The van der Waals surface area contributed by atoms with Gasteiger partial charge in [-0.25, -0.2) is 0 Å². The minimum Gasteiger partial charge on any atom is -0.325 e. The number of anilines is 1. The fraction of sp³-hybridized carbons (Fsp3) is 0.286. The lowest BCUT2D eigenvalue weighted by Crippen LogP contribution is -2.14. The Kier molecular flexibility index (Phi) is 7.13. The summed E-state index contributed by atoms with van der Waals surface area (Å²) in [6.07, 6.45) is 3.39. The number of carbonyl (C=O) groups is 2. The molecule has 3 rings (SSSR count). The van der Waals surface area contributed by atoms with E-state index in [0.717, 1.165) is 18.5 Å². The van der Waals surface area contributed by atoms with Crippen LogP contribution in [-0.2, 0) is 11.2 Å². The molecule has 0 aliphatic heterocycles. The molecule has 0 bridgehead atoms. The minimum absolute atomic E-state index is 0.0105. The van der Waals surface area contributed by atoms with Crippen LogP contribution < -0.4 is 5.32 Å². The van der Waals surface area contributed by atoms with Crippen LogP contribution in [0, 0.1) is 0 Å². The first-order valence-electron chi connectivity index (χ1n) is 9.48. The van der Waals surface area contributed by atoms with Crippen LogP contribution in [-0.4, -0.2) is 37.7 Å². The average molecular weight is 410 g/mol. The number of carbonyl (C=O) groups excluding carboxylic acids is 2. The molecule has 1 heterocycles. The van der Waals surface area contributed by atoms with Gasteiger partial charge in [0.25, 0.3) is 0 Å². The molecular weight excluding hydrogens is 386 g/mol. The van der Waals surface area contributed by atoms with E-state index in [1.54, 1.807) is 28.9 Å². The molecule has 0 spiro atoms. The van der Waals surface area contributed by atoms with Crippen molar-refractivity contribution in [3.63, 3.8) is 0 Å². The Bertz CT molecular complexity index is 967. The molecule has 0 atom stereocenters. The maximum atomic E-state index is 12.2. The number of thioether (sulfide) groups is 1. The van der Waals surface area contributed by atoms with Gasteiger partial charge in [0.1, 0.15) is 0 Å². The molecule has 2 aromatic carbocycles. The van der Waals surface area contributed by atoms with Crippen molar-refractivity contribution in [3.05, 3.63) is 59.7 Å². The number of Topliss-reactive ketones (excluding diaryl/α,β-unsaturated/α-hetero) is 1. The minimum atomic E-state index is -0.171. The molecule has 0 radical (unpaired) electrons. The van der Waals surface area contributed by atoms with Crippen molar-refractivity contribution in [3.8, 4) is 5.69 Å². The Hall–Kier alpha value is -3.00. The number of nitrogens with zero attached hydrogens (tertiary/aromatic N) is 4. The van der Waals surface area contributed by atoms with Crippen molar-refractivity contribution >= 4 is 29.1 Å². The number of aryl methyl sites for hydroxylation is 1. The predicted molar refractivity (Wildman–Crippen MR) is 114 cm³/mol. The van der Waals surface area contributed by atoms with Gasteiger partial charge in [0.2, 0.25) is 11.1 Å². The van der Waals surface area contributed by atoms with E-state index in [9.17, 15) is 9.59 Å². The van der Waals surface area contributed by atoms with E-state index in [0.29, 0.717) is 16.4 Å². The van der Waals surface area contributed by atoms with Crippen molar-refractivity contribution in [2.24, 2.45) is 0 Å². The third-order valence-electron chi connectivity index (χ3n) is 4.35. The van der Waals surface area contributed by atoms with Crippen LogP contribution in [0.25, 0.3) is 5.69 Å². The number of nitrogens with one attached hydrogen (secondary N) is 1. The normalized spacial score (nSPS) is 10.7. The summed E-state index contributed by atoms with van der Waals surface area (Å²) in [5, 5.41) is 15.2. The van der Waals surface area contributed by atoms with E-state index < -0.39 is 0 Å². The van der Waals surface area contributed by atoms with Gasteiger partial charge in [0, 0.05) is 11.3 Å². The molecule has 0 saturated heterocycles. The molecule has 150 valence electrons. The van der Waals surface area contributed by atoms with Gasteiger partial charge in [-0.1, -0.05) is 37.2 Å². The number of hydrogen-bond acceptors (Lipinski definition) is 6. The van der Waals surface area contributed by atoms with Crippen LogP contribution in [0.4, 0.5) is 5.69 Å². The lowest BCUT2D eigenvalue weighted by molar-refractivity contribution is -0.113. The van der Waals surface area contributed by atoms with Crippen molar-refractivity contribution in [2.45, 2.75) is 38.3 Å². The number of unbranched alkanes of at least 4 members (excludes halogenated alkanes) is 1. The van der Waals surface area contributed by atoms with Gasteiger partial charge in [0.15, 0.2) is 5.78 Å². The summed E-state index contributed by atoms with van der Waals surface area (Å²) in [4.78, 5) is 23.6. The van der Waals surface area contributed by atoms with Crippen LogP contribution in [0.2, 0.25) is 0 Å². The lowest BCUT2D eigenvalue weighted by Gasteiger charge is -2.07. The Labute approximate surface area is 173 Å². The molecule has 0 fully saturated rings. The zero-order valence-corrected chi connectivity index (χ0v) is 17.3. The molecule has 1 aromatic heterocycles. The largest absolute Gasteiger partial charge is 0.325 e. The maximum absolute atomic E-state index is 12.2. The van der Waals surface area contributed by atoms with E-state index in [1.807, 2.05) is 12.1 Å². The van der Waals surface area contributed by atoms with Gasteiger partial charge in [-0.2, -0.15) is 4.68 Å². The highest BCUT2D eigenvalue weighted by atomic mass is 32.2. The summed E-state index contributed by atoms with van der Waals surface area (Å²) in [5.74, 6) is -0.0117. The molecule has 0 aliphatic rings. The molecule has 3 aromatic rings. The molecule has 29 heavy (non-hydrogen) atoms. The van der Waals surface area contributed by atoms with Crippen molar-refractivity contribution < 1.29 is 9.59 Å². The zero-order chi connectivity index (χ0) is 20.6. The summed E-state index contributed by atoms with van der Waals surface area (Å²) in [6, 6.07) is 14.9. The van der Waals surface area contributed by atoms with Crippen LogP contribution in [0.1, 0.15) is 42.6 Å². The zero-order valence-electron chi connectivity index (χ0n) is 16.5. The molecule has 0 unspecified atom stereocenters. The highest BCUT2D eigenvalue weighted by molar-refractivity contribution is 7.99. The Balaban J connectivity index is 1.58. The van der Waals surface area contributed by atoms with Gasteiger partial charge < -0.3 is 5.32 Å². The topological polar surface area (TPSA) is 89.8 Å². The van der Waals surface area contributed by atoms with Crippen LogP contribution in [0.5, 0.6) is 0 Å². The lowest BCUT2D eigenvalue weighted by atomic mass is 10.1. The average Bonchev–Trinajstić information content (AvgIpc) is 3.20. The Morgan fingerprint density at radius 3 is 2.45 bits per heavy atom. The van der Waals surface area contributed by atoms with E-state index in [-0.39, 0.29) is 17.4 Å². The fourth-order valence-electron chi connectivity index (χ4n) is 2.73. The van der Waals surface area contributed by atoms with Gasteiger partial charge in [0.05, 0.1) is 11.4 Å². The summed E-state index contributed by atoms with van der Waals surface area (Å²) < 4.78 is 1.63. The first-order chi connectivity index (χ1) is 14.1. The second kappa shape index (κ2) is 9.97. The number of benzene rings is 2. The SMILES string of the molecule is CCCCc1ccc(-n2nnnc2SCC(=O)Nc2ccc(C(C)=O)cc2)cc1. The first-order valence-corrected chi connectivity index (χ1v) is 10.5. The quantitative estimate of drug-likeness (QED) is 0.425. The summed E-state index contributed by atoms with van der Waals surface area (Å²) >= 11 is 1.26. The number of ketones is 1. The van der Waals surface area contributed by atoms with Gasteiger partial charge in [-0.3, -0.25) is 9.59 Å². The second-order valence-corrected chi connectivity index (χ2v) is 7.56. The third-order valence-corrected chi connectivity index (χ3v) is 5.27. The number of aromatic nitrogens is 4. The third kappa shape index (κ3) is 5.74. The van der Waals surface area contributed by atoms with Gasteiger partial charge >= 0.3 is 0 Å². The van der Waals surface area contributed by atoms with Gasteiger partial charge in [-0.15, -0.1) is 5.10 Å². The smallest absolute Gasteiger partial charge is 0.234 e. The van der Waals surface area contributed by atoms with E-state index in [2.05, 4.69) is 39.9 Å². The number of tetrazole rings is 1. The van der Waals surface area contributed by atoms with E-state index >= 15 is 0 Å². The molecule has 8 heteroatoms. The van der Waals surface area contributed by atoms with Crippen LogP contribution in [0.15, 0.2) is 53.7 Å². The van der Waals surface area contributed by atoms with Crippen molar-refractivity contribution in [1.29, 1.82) is 0 Å². The standard InChI is InChI=1S/C21H23N5O2S/c1-3-4-5-16-6-12-19(13-7-16)26-21(23-24-25-26)29-14-20(28)22-18-10-8-17(9-11-18)15(2)27/h6-13H,3-5,14H2,1-2H3,(H,22,28). The summed E-state index contributed by atoms with van der Waals surface area (Å²) in [6.45, 7) is 3.68. The van der Waals surface area contributed by atoms with Crippen LogP contribution in [0.3, 0.4) is 0 Å². The highest BCUT2D eigenvalue weighted by Gasteiger charge is 2.12. The Morgan fingerprint density at radius 2 is 1.79 bits per heavy atom. The molecule has 0 aliphatic carbocycles. The first kappa shape index (κ1) is 20.7. The molecule has 1 N–H and O–H groups in total.